The van der Waals surface area contributed by atoms with E-state index < -0.39 is 42.1 Å². The molecule has 0 aliphatic heterocycles. The average Bonchev–Trinajstić information content (AvgIpc) is 2.78. The van der Waals surface area contributed by atoms with Crippen LogP contribution in [0.3, 0.4) is 0 Å². The number of rotatable bonds is 11. The lowest BCUT2D eigenvalue weighted by Crippen LogP contribution is -2.46. The van der Waals surface area contributed by atoms with Crippen LogP contribution in [-0.4, -0.2) is 48.6 Å². The zero-order valence-electron chi connectivity index (χ0n) is 17.3. The number of ketones is 1. The summed E-state index contributed by atoms with van der Waals surface area (Å²) in [5.41, 5.74) is 0.698. The normalized spacial score (nSPS) is 11.3. The molecule has 170 valence electrons. The molecule has 0 bridgehead atoms. The summed E-state index contributed by atoms with van der Waals surface area (Å²) in [6.45, 7) is -0.483. The van der Waals surface area contributed by atoms with Crippen molar-refractivity contribution in [3.63, 3.8) is 0 Å². The third-order valence-corrected chi connectivity index (χ3v) is 4.40. The van der Waals surface area contributed by atoms with Gasteiger partial charge in [0.1, 0.15) is 18.5 Å². The number of nitrogens with one attached hydrogen (secondary N) is 2. The van der Waals surface area contributed by atoms with E-state index in [1.54, 1.807) is 24.3 Å². The Hall–Kier alpha value is -3.79. The van der Waals surface area contributed by atoms with E-state index in [9.17, 15) is 23.6 Å². The molecule has 0 aliphatic rings. The van der Waals surface area contributed by atoms with Crippen molar-refractivity contribution in [2.75, 3.05) is 13.7 Å². The number of alkyl carbamates (subject to hydrolysis) is 1. The van der Waals surface area contributed by atoms with Gasteiger partial charge in [0.15, 0.2) is 5.78 Å². The maximum Gasteiger partial charge on any atom is 0.408 e. The van der Waals surface area contributed by atoms with Gasteiger partial charge in [-0.05, 0) is 23.8 Å². The Morgan fingerprint density at radius 3 is 2.47 bits per heavy atom. The van der Waals surface area contributed by atoms with Crippen LogP contribution in [0.5, 0.6) is 0 Å². The first-order chi connectivity index (χ1) is 15.3. The molecule has 0 saturated heterocycles. The number of carboxylic acids is 1. The van der Waals surface area contributed by atoms with E-state index in [0.29, 0.717) is 0 Å². The number of halogens is 1. The summed E-state index contributed by atoms with van der Waals surface area (Å²) in [6, 6.07) is 11.0. The van der Waals surface area contributed by atoms with Crippen LogP contribution in [-0.2, 0) is 32.2 Å². The fourth-order valence-electron chi connectivity index (χ4n) is 2.69. The molecule has 0 aliphatic carbocycles. The summed E-state index contributed by atoms with van der Waals surface area (Å²) >= 11 is 0. The van der Waals surface area contributed by atoms with Crippen molar-refractivity contribution in [2.24, 2.45) is 0 Å². The van der Waals surface area contributed by atoms with Gasteiger partial charge >= 0.3 is 18.0 Å². The molecule has 1 unspecified atom stereocenters. The van der Waals surface area contributed by atoms with Crippen molar-refractivity contribution in [3.05, 3.63) is 71.0 Å². The summed E-state index contributed by atoms with van der Waals surface area (Å²) in [5.74, 6) is -3.13. The van der Waals surface area contributed by atoms with Crippen molar-refractivity contribution in [1.29, 1.82) is 0 Å². The molecule has 2 aromatic carbocycles. The summed E-state index contributed by atoms with van der Waals surface area (Å²) < 4.78 is 23.5. The number of benzene rings is 2. The lowest BCUT2D eigenvalue weighted by molar-refractivity contribution is -0.142. The Morgan fingerprint density at radius 1 is 1.09 bits per heavy atom. The number of hydrogen-bond donors (Lipinski definition) is 3. The summed E-state index contributed by atoms with van der Waals surface area (Å²) in [6.07, 6.45) is -1.31. The molecule has 0 radical (unpaired) electrons. The molecule has 32 heavy (non-hydrogen) atoms. The Balaban J connectivity index is 1.93. The standard InChI is InChI=1S/C22H23FN2O7/c1-31-20(27)10-18(25-22(30)32-13-14-5-3-2-4-6-14)19(26)12-24-11-16-9-15(21(28)29)7-8-17(16)23/h2-9,18,24H,10-13H2,1H3,(H,25,30)(H,28,29). The number of aromatic carboxylic acids is 1. The quantitative estimate of drug-likeness (QED) is 0.447. The van der Waals surface area contributed by atoms with Crippen molar-refractivity contribution >= 4 is 23.8 Å². The number of ether oxygens (including phenoxy) is 2. The second-order valence-corrected chi connectivity index (χ2v) is 6.72. The van der Waals surface area contributed by atoms with Gasteiger partial charge in [0.2, 0.25) is 0 Å². The second-order valence-electron chi connectivity index (χ2n) is 6.72. The van der Waals surface area contributed by atoms with Gasteiger partial charge in [-0.3, -0.25) is 9.59 Å². The lowest BCUT2D eigenvalue weighted by Gasteiger charge is -2.17. The molecule has 10 heteroatoms. The minimum atomic E-state index is -1.23. The fourth-order valence-corrected chi connectivity index (χ4v) is 2.69. The first-order valence-electron chi connectivity index (χ1n) is 9.59. The summed E-state index contributed by atoms with van der Waals surface area (Å²) in [4.78, 5) is 47.3. The third kappa shape index (κ3) is 7.80. The molecule has 1 amide bonds. The largest absolute Gasteiger partial charge is 0.478 e. The van der Waals surface area contributed by atoms with Gasteiger partial charge in [0.05, 0.1) is 25.6 Å². The number of amides is 1. The first-order valence-corrected chi connectivity index (χ1v) is 9.59. The summed E-state index contributed by atoms with van der Waals surface area (Å²) in [5, 5.41) is 14.0. The molecule has 0 spiro atoms. The number of esters is 1. The molecule has 2 rings (SSSR count). The number of carboxylic acid groups (broad SMARTS) is 1. The molecular formula is C22H23FN2O7. The number of carbonyl (C=O) groups excluding carboxylic acids is 3. The van der Waals surface area contributed by atoms with Crippen LogP contribution in [0.15, 0.2) is 48.5 Å². The highest BCUT2D eigenvalue weighted by Crippen LogP contribution is 2.11. The molecule has 9 nitrogen and oxygen atoms in total. The zero-order valence-corrected chi connectivity index (χ0v) is 17.3. The van der Waals surface area contributed by atoms with Crippen molar-refractivity contribution in [2.45, 2.75) is 25.6 Å². The van der Waals surface area contributed by atoms with E-state index in [4.69, 9.17) is 9.84 Å². The van der Waals surface area contributed by atoms with Gasteiger partial charge in [-0.15, -0.1) is 0 Å². The second kappa shape index (κ2) is 12.2. The summed E-state index contributed by atoms with van der Waals surface area (Å²) in [7, 11) is 1.15. The van der Waals surface area contributed by atoms with Gasteiger partial charge in [-0.2, -0.15) is 0 Å². The fraction of sp³-hybridized carbons (Fsp3) is 0.273. The molecule has 0 fully saturated rings. The van der Waals surface area contributed by atoms with Crippen molar-refractivity contribution in [3.8, 4) is 0 Å². The van der Waals surface area contributed by atoms with Crippen LogP contribution in [0, 0.1) is 5.82 Å². The van der Waals surface area contributed by atoms with Crippen LogP contribution in [0.1, 0.15) is 27.9 Å². The van der Waals surface area contributed by atoms with Gasteiger partial charge in [-0.25, -0.2) is 14.0 Å². The molecule has 0 aromatic heterocycles. The van der Waals surface area contributed by atoms with Crippen molar-refractivity contribution in [1.82, 2.24) is 10.6 Å². The van der Waals surface area contributed by atoms with E-state index >= 15 is 0 Å². The number of hydrogen-bond acceptors (Lipinski definition) is 7. The van der Waals surface area contributed by atoms with Crippen LogP contribution in [0.4, 0.5) is 9.18 Å². The Kier molecular flexibility index (Phi) is 9.30. The predicted octanol–water partition coefficient (Wildman–Crippen LogP) is 2.04. The van der Waals surface area contributed by atoms with Crippen molar-refractivity contribution < 1.29 is 38.1 Å². The maximum absolute atomic E-state index is 13.9. The smallest absolute Gasteiger partial charge is 0.408 e. The van der Waals surface area contributed by atoms with Gasteiger partial charge in [0.25, 0.3) is 0 Å². The monoisotopic (exact) mass is 446 g/mol. The molecule has 0 heterocycles. The van der Waals surface area contributed by atoms with Gasteiger partial charge in [0, 0.05) is 12.1 Å². The van der Waals surface area contributed by atoms with Crippen LogP contribution < -0.4 is 10.6 Å². The Morgan fingerprint density at radius 2 is 1.81 bits per heavy atom. The Bertz CT molecular complexity index is 966. The van der Waals surface area contributed by atoms with E-state index in [1.807, 2.05) is 6.07 Å². The molecular weight excluding hydrogens is 423 g/mol. The number of methoxy groups -OCH3 is 1. The third-order valence-electron chi connectivity index (χ3n) is 4.40. The highest BCUT2D eigenvalue weighted by Gasteiger charge is 2.24. The highest BCUT2D eigenvalue weighted by atomic mass is 19.1. The Labute approximate surface area is 183 Å². The number of carbonyl (C=O) groups is 4. The highest BCUT2D eigenvalue weighted by molar-refractivity contribution is 5.92. The van der Waals surface area contributed by atoms with E-state index in [1.165, 1.54) is 0 Å². The van der Waals surface area contributed by atoms with Crippen LogP contribution in [0.25, 0.3) is 0 Å². The molecule has 3 N–H and O–H groups in total. The minimum Gasteiger partial charge on any atom is -0.478 e. The minimum absolute atomic E-state index is 0.0246. The zero-order chi connectivity index (χ0) is 23.5. The predicted molar refractivity (Wildman–Crippen MR) is 110 cm³/mol. The number of Topliss-reactive ketones (excluding diaryl/α,β-unsaturated/α-hetero) is 1. The topological polar surface area (TPSA) is 131 Å². The average molecular weight is 446 g/mol. The maximum atomic E-state index is 13.9. The van der Waals surface area contributed by atoms with Gasteiger partial charge < -0.3 is 25.2 Å². The van der Waals surface area contributed by atoms with E-state index in [0.717, 1.165) is 30.9 Å². The lowest BCUT2D eigenvalue weighted by atomic mass is 10.1. The SMILES string of the molecule is COC(=O)CC(NC(=O)OCc1ccccc1)C(=O)CNCc1cc(C(=O)O)ccc1F. The molecule has 0 saturated carbocycles. The molecule has 1 atom stereocenters. The van der Waals surface area contributed by atoms with Crippen LogP contribution >= 0.6 is 0 Å². The van der Waals surface area contributed by atoms with Gasteiger partial charge in [-0.1, -0.05) is 30.3 Å². The molecule has 2 aromatic rings. The van der Waals surface area contributed by atoms with E-state index in [-0.39, 0.29) is 30.8 Å². The van der Waals surface area contributed by atoms with Crippen LogP contribution in [0.2, 0.25) is 0 Å². The van der Waals surface area contributed by atoms with E-state index in [2.05, 4.69) is 15.4 Å². The first kappa shape index (κ1) is 24.5.